The van der Waals surface area contributed by atoms with E-state index in [-0.39, 0.29) is 12.7 Å². The van der Waals surface area contributed by atoms with Crippen molar-refractivity contribution in [2.45, 2.75) is 96.0 Å². The Bertz CT molecular complexity index is 460. The van der Waals surface area contributed by atoms with Gasteiger partial charge in [-0.05, 0) is 59.5 Å². The van der Waals surface area contributed by atoms with E-state index in [4.69, 9.17) is 14.6 Å². The Morgan fingerprint density at radius 3 is 1.72 bits per heavy atom. The lowest BCUT2D eigenvalue weighted by atomic mass is 10.0. The highest BCUT2D eigenvalue weighted by Crippen LogP contribution is 2.14. The highest BCUT2D eigenvalue weighted by Gasteiger charge is 2.04. The topological polar surface area (TPSA) is 38.7 Å². The Morgan fingerprint density at radius 1 is 0.759 bits per heavy atom. The van der Waals surface area contributed by atoms with E-state index in [2.05, 4.69) is 46.9 Å². The van der Waals surface area contributed by atoms with Crippen molar-refractivity contribution in [3.63, 3.8) is 0 Å². The Hall–Kier alpha value is -0.170. The third-order valence-electron chi connectivity index (χ3n) is 5.51. The first kappa shape index (κ1) is 26.9. The Labute approximate surface area is 193 Å². The molecule has 1 N–H and O–H groups in total. The molecular weight excluding hydrogens is 475 g/mol. The van der Waals surface area contributed by atoms with Crippen LogP contribution in [0, 0.1) is 3.57 Å². The highest BCUT2D eigenvalue weighted by molar-refractivity contribution is 14.1. The molecule has 1 atom stereocenters. The summed E-state index contributed by atoms with van der Waals surface area (Å²) in [4.78, 5) is 0. The maximum Gasteiger partial charge on any atom is 0.103 e. The van der Waals surface area contributed by atoms with Crippen molar-refractivity contribution in [3.8, 4) is 0 Å². The summed E-state index contributed by atoms with van der Waals surface area (Å²) < 4.78 is 11.9. The van der Waals surface area contributed by atoms with Gasteiger partial charge in [0.2, 0.25) is 0 Å². The van der Waals surface area contributed by atoms with Crippen LogP contribution in [0.5, 0.6) is 0 Å². The monoisotopic (exact) mass is 518 g/mol. The number of hydrogen-bond donors (Lipinski definition) is 1. The fourth-order valence-corrected chi connectivity index (χ4v) is 3.90. The average molecular weight is 519 g/mol. The van der Waals surface area contributed by atoms with Gasteiger partial charge in [0.15, 0.2) is 0 Å². The van der Waals surface area contributed by atoms with Crippen LogP contribution in [0.2, 0.25) is 0 Å². The van der Waals surface area contributed by atoms with Crippen LogP contribution in [0.15, 0.2) is 24.3 Å². The van der Waals surface area contributed by atoms with Crippen molar-refractivity contribution < 1.29 is 14.6 Å². The van der Waals surface area contributed by atoms with Crippen molar-refractivity contribution in [1.29, 1.82) is 0 Å². The minimum Gasteiger partial charge on any atom is -0.394 e. The van der Waals surface area contributed by atoms with Crippen LogP contribution in [-0.2, 0) is 15.9 Å². The second-order valence-electron chi connectivity index (χ2n) is 8.09. The van der Waals surface area contributed by atoms with Crippen molar-refractivity contribution in [2.75, 3.05) is 26.9 Å². The predicted octanol–water partition coefficient (Wildman–Crippen LogP) is 6.93. The van der Waals surface area contributed by atoms with Gasteiger partial charge in [-0.1, -0.05) is 82.8 Å². The number of benzene rings is 1. The maximum absolute atomic E-state index is 8.99. The lowest BCUT2D eigenvalue weighted by molar-refractivity contribution is -0.0205. The first-order valence-electron chi connectivity index (χ1n) is 11.7. The van der Waals surface area contributed by atoms with E-state index in [0.717, 1.165) is 13.0 Å². The molecule has 0 aromatic heterocycles. The molecule has 1 aromatic carbocycles. The van der Waals surface area contributed by atoms with Gasteiger partial charge in [-0.15, -0.1) is 0 Å². The number of methoxy groups -OCH3 is 1. The zero-order valence-corrected chi connectivity index (χ0v) is 20.7. The van der Waals surface area contributed by atoms with E-state index in [1.165, 1.54) is 92.6 Å². The van der Waals surface area contributed by atoms with E-state index >= 15 is 0 Å². The predicted molar refractivity (Wildman–Crippen MR) is 132 cm³/mol. The largest absolute Gasteiger partial charge is 0.394 e. The zero-order chi connectivity index (χ0) is 21.0. The minimum absolute atomic E-state index is 0.0321. The van der Waals surface area contributed by atoms with E-state index in [0.29, 0.717) is 6.61 Å². The Balaban J connectivity index is 1.73. The molecule has 168 valence electrons. The van der Waals surface area contributed by atoms with Gasteiger partial charge >= 0.3 is 0 Å². The van der Waals surface area contributed by atoms with Crippen molar-refractivity contribution in [3.05, 3.63) is 33.4 Å². The first-order valence-corrected chi connectivity index (χ1v) is 12.8. The van der Waals surface area contributed by atoms with Gasteiger partial charge < -0.3 is 14.6 Å². The van der Waals surface area contributed by atoms with Crippen LogP contribution in [-0.4, -0.2) is 38.1 Å². The molecule has 0 radical (unpaired) electrons. The second kappa shape index (κ2) is 19.8. The summed E-state index contributed by atoms with van der Waals surface area (Å²) in [6.45, 7) is 1.31. The van der Waals surface area contributed by atoms with E-state index in [1.807, 2.05) is 0 Å². The number of hydrogen-bond acceptors (Lipinski definition) is 3. The molecule has 0 fully saturated rings. The van der Waals surface area contributed by atoms with Gasteiger partial charge in [-0.3, -0.25) is 0 Å². The molecule has 0 heterocycles. The highest BCUT2D eigenvalue weighted by atomic mass is 127. The van der Waals surface area contributed by atoms with Gasteiger partial charge in [0.1, 0.15) is 6.10 Å². The molecule has 0 saturated heterocycles. The van der Waals surface area contributed by atoms with E-state index in [9.17, 15) is 0 Å². The molecule has 0 spiro atoms. The van der Waals surface area contributed by atoms with Gasteiger partial charge in [-0.2, -0.15) is 0 Å². The lowest BCUT2D eigenvalue weighted by Gasteiger charge is -2.12. The average Bonchev–Trinajstić information content (AvgIpc) is 2.74. The molecule has 0 aliphatic rings. The van der Waals surface area contributed by atoms with Gasteiger partial charge in [0.25, 0.3) is 0 Å². The van der Waals surface area contributed by atoms with Crippen molar-refractivity contribution >= 4 is 22.6 Å². The molecule has 4 heteroatoms. The molecule has 0 aliphatic carbocycles. The molecule has 3 nitrogen and oxygen atoms in total. The number of rotatable bonds is 20. The molecule has 29 heavy (non-hydrogen) atoms. The smallest absolute Gasteiger partial charge is 0.103 e. The fourth-order valence-electron chi connectivity index (χ4n) is 3.54. The third-order valence-corrected chi connectivity index (χ3v) is 6.23. The van der Waals surface area contributed by atoms with E-state index < -0.39 is 0 Å². The molecule has 1 aromatic rings. The normalized spacial score (nSPS) is 12.4. The first-order chi connectivity index (χ1) is 14.3. The summed E-state index contributed by atoms with van der Waals surface area (Å²) in [6, 6.07) is 8.96. The number of unbranched alkanes of at least 4 members (excludes halogenated alkanes) is 12. The number of aryl methyl sites for hydroxylation is 1. The van der Waals surface area contributed by atoms with E-state index in [1.54, 1.807) is 7.11 Å². The lowest BCUT2D eigenvalue weighted by Crippen LogP contribution is -2.22. The molecule has 0 amide bonds. The molecule has 0 bridgehead atoms. The van der Waals surface area contributed by atoms with Crippen LogP contribution < -0.4 is 0 Å². The number of halogens is 1. The summed E-state index contributed by atoms with van der Waals surface area (Å²) >= 11 is 2.37. The van der Waals surface area contributed by atoms with Crippen LogP contribution in [0.3, 0.4) is 0 Å². The van der Waals surface area contributed by atoms with Crippen LogP contribution in [0.4, 0.5) is 0 Å². The second-order valence-corrected chi connectivity index (χ2v) is 9.33. The molecule has 0 aliphatic heterocycles. The van der Waals surface area contributed by atoms with Gasteiger partial charge in [0.05, 0.1) is 13.2 Å². The van der Waals surface area contributed by atoms with Crippen molar-refractivity contribution in [2.24, 2.45) is 0 Å². The summed E-state index contributed by atoms with van der Waals surface area (Å²) in [5, 5.41) is 8.99. The third kappa shape index (κ3) is 16.2. The maximum atomic E-state index is 8.99. The standard InChI is InChI=1S/C25H43IO3/c1-28-25(21-27)22-29-20-14-12-10-8-6-4-2-3-5-7-9-11-13-15-23-16-18-24(26)19-17-23/h16-19,25,27H,2-15,20-22H2,1H3. The fraction of sp³-hybridized carbons (Fsp3) is 0.760. The molecule has 1 unspecified atom stereocenters. The number of aliphatic hydroxyl groups is 1. The molecule has 0 saturated carbocycles. The zero-order valence-electron chi connectivity index (χ0n) is 18.5. The summed E-state index contributed by atoms with van der Waals surface area (Å²) in [7, 11) is 1.61. The molecule has 1 rings (SSSR count). The van der Waals surface area contributed by atoms with Crippen LogP contribution in [0.25, 0.3) is 0 Å². The molecular formula is C25H43IO3. The van der Waals surface area contributed by atoms with Gasteiger partial charge in [-0.25, -0.2) is 0 Å². The summed E-state index contributed by atoms with van der Waals surface area (Å²) in [6.07, 6.45) is 18.6. The number of ether oxygens (including phenoxy) is 2. The Kier molecular flexibility index (Phi) is 18.3. The quantitative estimate of drug-likeness (QED) is 0.150. The Morgan fingerprint density at radius 2 is 1.24 bits per heavy atom. The van der Waals surface area contributed by atoms with Crippen molar-refractivity contribution in [1.82, 2.24) is 0 Å². The minimum atomic E-state index is -0.173. The van der Waals surface area contributed by atoms with Crippen LogP contribution in [0.1, 0.15) is 89.0 Å². The van der Waals surface area contributed by atoms with Crippen LogP contribution >= 0.6 is 22.6 Å². The SMILES string of the molecule is COC(CO)COCCCCCCCCCCCCCCCc1ccc(I)cc1. The summed E-state index contributed by atoms with van der Waals surface area (Å²) in [5.41, 5.74) is 1.49. The number of aliphatic hydroxyl groups excluding tert-OH is 1. The van der Waals surface area contributed by atoms with Gasteiger partial charge in [0, 0.05) is 17.3 Å². The summed E-state index contributed by atoms with van der Waals surface area (Å²) in [5.74, 6) is 0.